The molecular formula is C13H14F5NO2. The number of hydrogen-bond donors (Lipinski definition) is 1. The predicted octanol–water partition coefficient (Wildman–Crippen LogP) is 3.07. The number of benzene rings is 1. The van der Waals surface area contributed by atoms with Gasteiger partial charge >= 0.3 is 5.97 Å². The van der Waals surface area contributed by atoms with E-state index in [9.17, 15) is 26.7 Å². The van der Waals surface area contributed by atoms with E-state index in [2.05, 4.69) is 10.1 Å². The number of halogens is 5. The van der Waals surface area contributed by atoms with Crippen LogP contribution >= 0.6 is 0 Å². The normalized spacial score (nSPS) is 10.8. The van der Waals surface area contributed by atoms with Crippen LogP contribution in [0.5, 0.6) is 5.75 Å². The zero-order valence-electron chi connectivity index (χ0n) is 11.2. The van der Waals surface area contributed by atoms with Gasteiger partial charge in [-0.25, -0.2) is 13.2 Å². The molecule has 0 spiro atoms. The summed E-state index contributed by atoms with van der Waals surface area (Å²) in [5, 5.41) is 2.89. The molecule has 0 amide bonds. The third-order valence-corrected chi connectivity index (χ3v) is 2.69. The van der Waals surface area contributed by atoms with Gasteiger partial charge in [0.15, 0.2) is 0 Å². The van der Waals surface area contributed by atoms with Crippen LogP contribution in [0, 0.1) is 29.1 Å². The fourth-order valence-electron chi connectivity index (χ4n) is 1.59. The summed E-state index contributed by atoms with van der Waals surface area (Å²) in [7, 11) is 1.76. The van der Waals surface area contributed by atoms with Crippen molar-refractivity contribution in [3.63, 3.8) is 0 Å². The Morgan fingerprint density at radius 1 is 0.905 bits per heavy atom. The molecule has 1 aromatic carbocycles. The van der Waals surface area contributed by atoms with Crippen LogP contribution in [0.25, 0.3) is 0 Å². The number of ether oxygens (including phenoxy) is 1. The molecule has 0 bridgehead atoms. The van der Waals surface area contributed by atoms with E-state index in [0.29, 0.717) is 12.8 Å². The summed E-state index contributed by atoms with van der Waals surface area (Å²) in [6.07, 6.45) is 1.65. The predicted molar refractivity (Wildman–Crippen MR) is 64.3 cm³/mol. The van der Waals surface area contributed by atoms with Gasteiger partial charge < -0.3 is 10.1 Å². The second-order valence-corrected chi connectivity index (χ2v) is 4.29. The van der Waals surface area contributed by atoms with Crippen LogP contribution in [0.2, 0.25) is 0 Å². The Balaban J connectivity index is 2.69. The largest absolute Gasteiger partial charge is 0.420 e. The molecule has 3 nitrogen and oxygen atoms in total. The van der Waals surface area contributed by atoms with Gasteiger partial charge in [0.05, 0.1) is 0 Å². The van der Waals surface area contributed by atoms with E-state index in [0.717, 1.165) is 13.0 Å². The molecule has 1 N–H and O–H groups in total. The number of carbonyl (C=O) groups is 1. The van der Waals surface area contributed by atoms with Crippen LogP contribution in [0.15, 0.2) is 0 Å². The van der Waals surface area contributed by atoms with Gasteiger partial charge in [-0.2, -0.15) is 8.78 Å². The third-order valence-electron chi connectivity index (χ3n) is 2.69. The fourth-order valence-corrected chi connectivity index (χ4v) is 1.59. The smallest absolute Gasteiger partial charge is 0.311 e. The van der Waals surface area contributed by atoms with Gasteiger partial charge in [-0.05, 0) is 26.4 Å². The lowest BCUT2D eigenvalue weighted by atomic mass is 10.2. The average Bonchev–Trinajstić information content (AvgIpc) is 2.47. The number of unbranched alkanes of at least 4 members (excludes halogenated alkanes) is 2. The first-order valence-electron chi connectivity index (χ1n) is 6.26. The van der Waals surface area contributed by atoms with Crippen LogP contribution < -0.4 is 10.1 Å². The number of carbonyl (C=O) groups excluding carboxylic acids is 1. The highest BCUT2D eigenvalue weighted by Gasteiger charge is 2.28. The highest BCUT2D eigenvalue weighted by Crippen LogP contribution is 2.29. The molecule has 0 saturated heterocycles. The van der Waals surface area contributed by atoms with E-state index in [1.165, 1.54) is 0 Å². The maximum Gasteiger partial charge on any atom is 0.311 e. The van der Waals surface area contributed by atoms with Gasteiger partial charge in [-0.3, -0.25) is 4.79 Å². The van der Waals surface area contributed by atoms with Crippen molar-refractivity contribution in [3.05, 3.63) is 29.1 Å². The van der Waals surface area contributed by atoms with Crippen molar-refractivity contribution in [2.75, 3.05) is 13.6 Å². The van der Waals surface area contributed by atoms with E-state index in [-0.39, 0.29) is 6.42 Å². The SMILES string of the molecule is CNCCCCCC(=O)Oc1c(F)c(F)c(F)c(F)c1F. The van der Waals surface area contributed by atoms with Gasteiger partial charge in [0, 0.05) is 6.42 Å². The van der Waals surface area contributed by atoms with E-state index in [1.807, 2.05) is 0 Å². The van der Waals surface area contributed by atoms with Crippen molar-refractivity contribution in [3.8, 4) is 5.75 Å². The van der Waals surface area contributed by atoms with Crippen LogP contribution in [0.1, 0.15) is 25.7 Å². The van der Waals surface area contributed by atoms with Gasteiger partial charge in [0.25, 0.3) is 0 Å². The maximum absolute atomic E-state index is 13.2. The second kappa shape index (κ2) is 7.92. The lowest BCUT2D eigenvalue weighted by molar-refractivity contribution is -0.135. The Kier molecular flexibility index (Phi) is 6.54. The standard InChI is InChI=1S/C13H14F5NO2/c1-19-6-4-2-3-5-7(20)21-13-11(17)9(15)8(14)10(16)12(13)18/h19H,2-6H2,1H3. The first kappa shape index (κ1) is 17.4. The number of nitrogens with one attached hydrogen (secondary N) is 1. The Labute approximate surface area is 118 Å². The van der Waals surface area contributed by atoms with Crippen LogP contribution in [-0.4, -0.2) is 19.6 Å². The first-order valence-corrected chi connectivity index (χ1v) is 6.26. The van der Waals surface area contributed by atoms with Crippen molar-refractivity contribution in [1.82, 2.24) is 5.32 Å². The molecule has 1 rings (SSSR count). The zero-order valence-corrected chi connectivity index (χ0v) is 11.2. The second-order valence-electron chi connectivity index (χ2n) is 4.29. The molecule has 0 unspecified atom stereocenters. The molecule has 0 saturated carbocycles. The van der Waals surface area contributed by atoms with Gasteiger partial charge in [0.1, 0.15) is 0 Å². The molecule has 0 heterocycles. The van der Waals surface area contributed by atoms with E-state index in [4.69, 9.17) is 0 Å². The van der Waals surface area contributed by atoms with E-state index >= 15 is 0 Å². The summed E-state index contributed by atoms with van der Waals surface area (Å²) in [5.41, 5.74) is 0. The highest BCUT2D eigenvalue weighted by molar-refractivity contribution is 5.72. The molecule has 118 valence electrons. The quantitative estimate of drug-likeness (QED) is 0.210. The third kappa shape index (κ3) is 4.38. The van der Waals surface area contributed by atoms with Gasteiger partial charge in [0.2, 0.25) is 34.8 Å². The topological polar surface area (TPSA) is 38.3 Å². The molecule has 0 radical (unpaired) electrons. The number of esters is 1. The number of rotatable bonds is 7. The summed E-state index contributed by atoms with van der Waals surface area (Å²) in [4.78, 5) is 11.3. The molecule has 21 heavy (non-hydrogen) atoms. The van der Waals surface area contributed by atoms with Crippen LogP contribution in [-0.2, 0) is 4.79 Å². The zero-order chi connectivity index (χ0) is 16.0. The van der Waals surface area contributed by atoms with Crippen LogP contribution in [0.3, 0.4) is 0 Å². The van der Waals surface area contributed by atoms with Crippen molar-refractivity contribution in [1.29, 1.82) is 0 Å². The lowest BCUT2D eigenvalue weighted by Crippen LogP contribution is -2.13. The summed E-state index contributed by atoms with van der Waals surface area (Å²) in [6, 6.07) is 0. The first-order chi connectivity index (χ1) is 9.90. The maximum atomic E-state index is 13.2. The Morgan fingerprint density at radius 3 is 1.95 bits per heavy atom. The van der Waals surface area contributed by atoms with Gasteiger partial charge in [-0.15, -0.1) is 0 Å². The molecule has 0 aromatic heterocycles. The van der Waals surface area contributed by atoms with Crippen molar-refractivity contribution in [2.24, 2.45) is 0 Å². The minimum atomic E-state index is -2.29. The van der Waals surface area contributed by atoms with Gasteiger partial charge in [-0.1, -0.05) is 6.42 Å². The highest BCUT2D eigenvalue weighted by atomic mass is 19.2. The molecule has 0 fully saturated rings. The monoisotopic (exact) mass is 311 g/mol. The van der Waals surface area contributed by atoms with Crippen molar-refractivity contribution in [2.45, 2.75) is 25.7 Å². The fraction of sp³-hybridized carbons (Fsp3) is 0.462. The van der Waals surface area contributed by atoms with E-state index < -0.39 is 40.8 Å². The Bertz CT molecular complexity index is 493. The van der Waals surface area contributed by atoms with Crippen molar-refractivity contribution >= 4 is 5.97 Å². The summed E-state index contributed by atoms with van der Waals surface area (Å²) in [6.45, 7) is 0.743. The molecular weight excluding hydrogens is 297 g/mol. The van der Waals surface area contributed by atoms with E-state index in [1.54, 1.807) is 7.05 Å². The number of hydrogen-bond acceptors (Lipinski definition) is 3. The van der Waals surface area contributed by atoms with Crippen molar-refractivity contribution < 1.29 is 31.5 Å². The summed E-state index contributed by atoms with van der Waals surface area (Å²) < 4.78 is 69.3. The van der Waals surface area contributed by atoms with Crippen LogP contribution in [0.4, 0.5) is 22.0 Å². The summed E-state index contributed by atoms with van der Waals surface area (Å²) >= 11 is 0. The Hall–Kier alpha value is -1.70. The Morgan fingerprint density at radius 2 is 1.43 bits per heavy atom. The molecule has 0 aliphatic heterocycles. The molecule has 8 heteroatoms. The molecule has 0 aliphatic carbocycles. The minimum Gasteiger partial charge on any atom is -0.420 e. The lowest BCUT2D eigenvalue weighted by Gasteiger charge is -2.08. The summed E-state index contributed by atoms with van der Waals surface area (Å²) in [5.74, 6) is -13.5. The molecule has 0 aliphatic rings. The average molecular weight is 311 g/mol. The minimum absolute atomic E-state index is 0.177. The molecule has 1 aromatic rings. The molecule has 0 atom stereocenters.